The lowest BCUT2D eigenvalue weighted by Crippen LogP contribution is -2.36. The molecule has 1 saturated heterocycles. The summed E-state index contributed by atoms with van der Waals surface area (Å²) in [7, 11) is 0. The van der Waals surface area contributed by atoms with Crippen LogP contribution < -0.4 is 9.47 Å². The van der Waals surface area contributed by atoms with E-state index in [0.717, 1.165) is 62.1 Å². The van der Waals surface area contributed by atoms with Crippen LogP contribution >= 0.6 is 11.3 Å². The van der Waals surface area contributed by atoms with Crippen LogP contribution in [0.3, 0.4) is 0 Å². The zero-order valence-electron chi connectivity index (χ0n) is 16.5. The van der Waals surface area contributed by atoms with Crippen LogP contribution in [0.1, 0.15) is 34.4 Å². The van der Waals surface area contributed by atoms with Crippen molar-refractivity contribution in [1.82, 2.24) is 14.8 Å². The molecule has 0 N–H and O–H groups in total. The highest BCUT2D eigenvalue weighted by molar-refractivity contribution is 7.09. The van der Waals surface area contributed by atoms with Crippen LogP contribution in [-0.4, -0.2) is 60.2 Å². The van der Waals surface area contributed by atoms with Crippen LogP contribution in [-0.2, 0) is 6.42 Å². The Labute approximate surface area is 170 Å². The number of thiazole rings is 1. The van der Waals surface area contributed by atoms with Gasteiger partial charge in [-0.15, -0.1) is 11.3 Å². The molecule has 6 nitrogen and oxygen atoms in total. The maximum atomic E-state index is 12.7. The largest absolute Gasteiger partial charge is 0.454 e. The monoisotopic (exact) mass is 401 g/mol. The summed E-state index contributed by atoms with van der Waals surface area (Å²) in [6.07, 6.45) is 2.01. The van der Waals surface area contributed by atoms with Gasteiger partial charge in [0, 0.05) is 31.6 Å². The maximum absolute atomic E-state index is 12.7. The van der Waals surface area contributed by atoms with Crippen molar-refractivity contribution in [1.29, 1.82) is 0 Å². The molecule has 1 unspecified atom stereocenters. The van der Waals surface area contributed by atoms with Gasteiger partial charge in [-0.1, -0.05) is 13.0 Å². The molecule has 4 rings (SSSR count). The number of amides is 1. The highest BCUT2D eigenvalue weighted by Crippen LogP contribution is 2.33. The Kier molecular flexibility index (Phi) is 5.82. The third kappa shape index (κ3) is 4.47. The van der Waals surface area contributed by atoms with Gasteiger partial charge in [0.05, 0.1) is 5.01 Å². The highest BCUT2D eigenvalue weighted by atomic mass is 32.1. The van der Waals surface area contributed by atoms with Crippen molar-refractivity contribution in [3.8, 4) is 11.5 Å². The first-order valence-corrected chi connectivity index (χ1v) is 10.8. The predicted molar refractivity (Wildman–Crippen MR) is 109 cm³/mol. The molecular formula is C21H27N3O3S. The number of nitrogens with zero attached hydrogens (tertiary/aromatic N) is 3. The van der Waals surface area contributed by atoms with E-state index in [9.17, 15) is 4.79 Å². The quantitative estimate of drug-likeness (QED) is 0.770. The molecule has 1 fully saturated rings. The number of aryl methyl sites for hydroxylation is 1. The minimum Gasteiger partial charge on any atom is -0.454 e. The zero-order chi connectivity index (χ0) is 19.5. The number of ether oxygens (including phenoxy) is 2. The molecule has 2 aromatic rings. The summed E-state index contributed by atoms with van der Waals surface area (Å²) in [6.45, 7) is 9.11. The summed E-state index contributed by atoms with van der Waals surface area (Å²) >= 11 is 1.53. The van der Waals surface area contributed by atoms with E-state index in [1.54, 1.807) is 0 Å². The Hall–Kier alpha value is -2.12. The first-order valence-electron chi connectivity index (χ1n) is 9.91. The second-order valence-corrected chi connectivity index (χ2v) is 8.76. The Morgan fingerprint density at radius 1 is 1.21 bits per heavy atom. The van der Waals surface area contributed by atoms with E-state index < -0.39 is 0 Å². The van der Waals surface area contributed by atoms with Gasteiger partial charge in [0.25, 0.3) is 5.91 Å². The number of carbonyl (C=O) groups excluding carboxylic acids is 1. The number of benzene rings is 1. The molecule has 150 valence electrons. The molecular weight excluding hydrogens is 374 g/mol. The van der Waals surface area contributed by atoms with E-state index in [1.165, 1.54) is 16.9 Å². The Morgan fingerprint density at radius 3 is 2.89 bits per heavy atom. The molecule has 3 heterocycles. The van der Waals surface area contributed by atoms with Gasteiger partial charge in [-0.2, -0.15) is 0 Å². The second kappa shape index (κ2) is 8.49. The maximum Gasteiger partial charge on any atom is 0.273 e. The van der Waals surface area contributed by atoms with Crippen LogP contribution in [0.15, 0.2) is 23.6 Å². The van der Waals surface area contributed by atoms with Crippen LogP contribution in [0.2, 0.25) is 0 Å². The summed E-state index contributed by atoms with van der Waals surface area (Å²) in [5.74, 6) is 2.29. The van der Waals surface area contributed by atoms with E-state index in [4.69, 9.17) is 9.47 Å². The Balaban J connectivity index is 1.29. The number of hydrogen-bond acceptors (Lipinski definition) is 6. The molecule has 0 radical (unpaired) electrons. The summed E-state index contributed by atoms with van der Waals surface area (Å²) in [5, 5.41) is 2.81. The smallest absolute Gasteiger partial charge is 0.273 e. The lowest BCUT2D eigenvalue weighted by molar-refractivity contribution is 0.0755. The van der Waals surface area contributed by atoms with Gasteiger partial charge in [0.1, 0.15) is 5.69 Å². The molecule has 1 aromatic carbocycles. The number of fused-ring (bicyclic) bond motifs is 1. The number of rotatable bonds is 5. The second-order valence-electron chi connectivity index (χ2n) is 7.70. The van der Waals surface area contributed by atoms with Crippen LogP contribution in [0, 0.1) is 12.8 Å². The molecule has 0 aliphatic carbocycles. The molecule has 0 bridgehead atoms. The van der Waals surface area contributed by atoms with Crippen LogP contribution in [0.4, 0.5) is 0 Å². The summed E-state index contributed by atoms with van der Waals surface area (Å²) < 4.78 is 10.9. The SMILES string of the molecule is Cc1nc(C(=O)N2CCCN(CC(C)Cc3ccc4c(c3)OCO4)CC2)cs1. The molecule has 0 spiro atoms. The minimum absolute atomic E-state index is 0.0691. The van der Waals surface area contributed by atoms with Crippen molar-refractivity contribution in [3.05, 3.63) is 39.8 Å². The molecule has 2 aliphatic heterocycles. The van der Waals surface area contributed by atoms with E-state index in [0.29, 0.717) is 18.4 Å². The third-order valence-electron chi connectivity index (χ3n) is 5.30. The molecule has 7 heteroatoms. The Morgan fingerprint density at radius 2 is 2.07 bits per heavy atom. The standard InChI is InChI=1S/C21H27N3O3S/c1-15(10-17-4-5-19-20(11-17)27-14-26-19)12-23-6-3-7-24(9-8-23)21(25)18-13-28-16(2)22-18/h4-5,11,13,15H,3,6-10,12,14H2,1-2H3. The fraction of sp³-hybridized carbons (Fsp3) is 0.524. The van der Waals surface area contributed by atoms with Crippen LogP contribution in [0.5, 0.6) is 11.5 Å². The highest BCUT2D eigenvalue weighted by Gasteiger charge is 2.23. The Bertz CT molecular complexity index is 838. The fourth-order valence-electron chi connectivity index (χ4n) is 3.96. The molecule has 1 amide bonds. The van der Waals surface area contributed by atoms with Gasteiger partial charge in [0.15, 0.2) is 11.5 Å². The zero-order valence-corrected chi connectivity index (χ0v) is 17.3. The molecule has 2 aliphatic rings. The van der Waals surface area contributed by atoms with Gasteiger partial charge < -0.3 is 19.3 Å². The van der Waals surface area contributed by atoms with Crippen molar-refractivity contribution in [2.75, 3.05) is 39.5 Å². The third-order valence-corrected chi connectivity index (χ3v) is 6.08. The van der Waals surface area contributed by atoms with E-state index >= 15 is 0 Å². The average Bonchev–Trinajstić information content (AvgIpc) is 3.25. The van der Waals surface area contributed by atoms with E-state index in [1.807, 2.05) is 23.3 Å². The first kappa shape index (κ1) is 19.2. The van der Waals surface area contributed by atoms with Gasteiger partial charge in [-0.05, 0) is 49.9 Å². The number of hydrogen-bond donors (Lipinski definition) is 0. The van der Waals surface area contributed by atoms with Crippen molar-refractivity contribution in [2.45, 2.75) is 26.7 Å². The van der Waals surface area contributed by atoms with Gasteiger partial charge >= 0.3 is 0 Å². The number of aromatic nitrogens is 1. The normalized spacial score (nSPS) is 18.1. The summed E-state index contributed by atoms with van der Waals surface area (Å²) in [4.78, 5) is 21.4. The summed E-state index contributed by atoms with van der Waals surface area (Å²) in [6, 6.07) is 6.22. The van der Waals surface area contributed by atoms with Gasteiger partial charge in [-0.3, -0.25) is 4.79 Å². The predicted octanol–water partition coefficient (Wildman–Crippen LogP) is 3.21. The van der Waals surface area contributed by atoms with Gasteiger partial charge in [0.2, 0.25) is 6.79 Å². The van der Waals surface area contributed by atoms with Crippen molar-refractivity contribution >= 4 is 17.2 Å². The molecule has 1 aromatic heterocycles. The molecule has 1 atom stereocenters. The summed E-state index contributed by atoms with van der Waals surface area (Å²) in [5.41, 5.74) is 1.87. The molecule has 28 heavy (non-hydrogen) atoms. The fourth-order valence-corrected chi connectivity index (χ4v) is 4.54. The first-order chi connectivity index (χ1) is 13.6. The van der Waals surface area contributed by atoms with E-state index in [2.05, 4.69) is 28.9 Å². The average molecular weight is 402 g/mol. The van der Waals surface area contributed by atoms with E-state index in [-0.39, 0.29) is 5.91 Å². The lowest BCUT2D eigenvalue weighted by Gasteiger charge is -2.24. The number of carbonyl (C=O) groups is 1. The van der Waals surface area contributed by atoms with Crippen molar-refractivity contribution < 1.29 is 14.3 Å². The van der Waals surface area contributed by atoms with Gasteiger partial charge in [-0.25, -0.2) is 4.98 Å². The van der Waals surface area contributed by atoms with Crippen molar-refractivity contribution in [2.24, 2.45) is 5.92 Å². The minimum atomic E-state index is 0.0691. The lowest BCUT2D eigenvalue weighted by atomic mass is 10.00. The molecule has 0 saturated carbocycles. The van der Waals surface area contributed by atoms with Crippen molar-refractivity contribution in [3.63, 3.8) is 0 Å². The van der Waals surface area contributed by atoms with Crippen LogP contribution in [0.25, 0.3) is 0 Å². The topological polar surface area (TPSA) is 54.9 Å².